The Hall–Kier alpha value is -0.160. The highest BCUT2D eigenvalue weighted by Crippen LogP contribution is 2.39. The van der Waals surface area contributed by atoms with Gasteiger partial charge in [0.05, 0.1) is 12.7 Å². The van der Waals surface area contributed by atoms with Crippen LogP contribution < -0.4 is 0 Å². The second kappa shape index (κ2) is 4.26. The fourth-order valence-corrected chi connectivity index (χ4v) is 3.05. The Morgan fingerprint density at radius 2 is 1.94 bits per heavy atom. The molecule has 3 rings (SSSR count). The first kappa shape index (κ1) is 11.0. The van der Waals surface area contributed by atoms with E-state index in [1.807, 2.05) is 0 Å². The molecule has 1 aliphatic carbocycles. The van der Waals surface area contributed by atoms with Gasteiger partial charge < -0.3 is 19.3 Å². The Bertz CT molecular complexity index is 249. The van der Waals surface area contributed by atoms with Gasteiger partial charge in [-0.2, -0.15) is 0 Å². The lowest BCUT2D eigenvalue weighted by Gasteiger charge is -2.32. The molecule has 1 spiro atoms. The SMILES string of the molecule is OC1CCOC1C1COC2(CCCCC2)O1. The third-order valence-electron chi connectivity index (χ3n) is 3.96. The van der Waals surface area contributed by atoms with Crippen LogP contribution in [-0.4, -0.2) is 42.4 Å². The lowest BCUT2D eigenvalue weighted by Crippen LogP contribution is -2.39. The number of ether oxygens (including phenoxy) is 3. The molecule has 1 saturated carbocycles. The molecule has 3 unspecified atom stereocenters. The number of aliphatic hydroxyl groups is 1. The summed E-state index contributed by atoms with van der Waals surface area (Å²) in [6, 6.07) is 0. The first-order valence-electron chi connectivity index (χ1n) is 6.41. The summed E-state index contributed by atoms with van der Waals surface area (Å²) >= 11 is 0. The normalized spacial score (nSPS) is 42.9. The van der Waals surface area contributed by atoms with Crippen LogP contribution in [0.2, 0.25) is 0 Å². The summed E-state index contributed by atoms with van der Waals surface area (Å²) < 4.78 is 17.4. The molecular formula is C12H20O4. The fourth-order valence-electron chi connectivity index (χ4n) is 3.05. The van der Waals surface area contributed by atoms with Crippen LogP contribution in [0.25, 0.3) is 0 Å². The molecule has 92 valence electrons. The molecule has 0 radical (unpaired) electrons. The van der Waals surface area contributed by atoms with Gasteiger partial charge in [-0.1, -0.05) is 6.42 Å². The highest BCUT2D eigenvalue weighted by atomic mass is 16.8. The molecule has 2 saturated heterocycles. The average Bonchev–Trinajstić information content (AvgIpc) is 2.87. The maximum atomic E-state index is 9.78. The monoisotopic (exact) mass is 228 g/mol. The summed E-state index contributed by atoms with van der Waals surface area (Å²) in [6.45, 7) is 1.21. The van der Waals surface area contributed by atoms with Gasteiger partial charge in [0.2, 0.25) is 0 Å². The van der Waals surface area contributed by atoms with Gasteiger partial charge in [-0.25, -0.2) is 0 Å². The zero-order valence-corrected chi connectivity index (χ0v) is 9.56. The standard InChI is InChI=1S/C12H20O4/c13-9-4-7-14-11(9)10-8-15-12(16-10)5-2-1-3-6-12/h9-11,13H,1-8H2. The largest absolute Gasteiger partial charge is 0.390 e. The summed E-state index contributed by atoms with van der Waals surface area (Å²) in [5.41, 5.74) is 0. The highest BCUT2D eigenvalue weighted by Gasteiger charge is 2.47. The Labute approximate surface area is 95.9 Å². The zero-order valence-electron chi connectivity index (χ0n) is 9.56. The van der Waals surface area contributed by atoms with Crippen LogP contribution in [-0.2, 0) is 14.2 Å². The van der Waals surface area contributed by atoms with E-state index in [0.29, 0.717) is 13.2 Å². The van der Waals surface area contributed by atoms with Gasteiger partial charge in [-0.05, 0) is 19.3 Å². The van der Waals surface area contributed by atoms with Crippen molar-refractivity contribution in [2.45, 2.75) is 62.6 Å². The molecule has 0 amide bonds. The molecule has 4 heteroatoms. The molecule has 0 bridgehead atoms. The lowest BCUT2D eigenvalue weighted by molar-refractivity contribution is -0.199. The molecule has 2 aliphatic heterocycles. The smallest absolute Gasteiger partial charge is 0.169 e. The van der Waals surface area contributed by atoms with E-state index in [-0.39, 0.29) is 24.1 Å². The van der Waals surface area contributed by atoms with E-state index in [9.17, 15) is 5.11 Å². The van der Waals surface area contributed by atoms with E-state index in [2.05, 4.69) is 0 Å². The van der Waals surface area contributed by atoms with Crippen molar-refractivity contribution in [3.63, 3.8) is 0 Å². The van der Waals surface area contributed by atoms with Crippen LogP contribution in [0.15, 0.2) is 0 Å². The number of hydrogen-bond donors (Lipinski definition) is 1. The van der Waals surface area contributed by atoms with E-state index in [1.165, 1.54) is 19.3 Å². The summed E-state index contributed by atoms with van der Waals surface area (Å²) in [5.74, 6) is -0.353. The van der Waals surface area contributed by atoms with Gasteiger partial charge in [0.25, 0.3) is 0 Å². The predicted molar refractivity (Wildman–Crippen MR) is 57.0 cm³/mol. The zero-order chi connectivity index (χ0) is 11.0. The summed E-state index contributed by atoms with van der Waals surface area (Å²) in [4.78, 5) is 0. The van der Waals surface area contributed by atoms with Crippen LogP contribution in [0.3, 0.4) is 0 Å². The van der Waals surface area contributed by atoms with Crippen molar-refractivity contribution in [1.82, 2.24) is 0 Å². The van der Waals surface area contributed by atoms with Crippen LogP contribution in [0.4, 0.5) is 0 Å². The summed E-state index contributed by atoms with van der Waals surface area (Å²) in [5, 5.41) is 9.78. The molecule has 0 aromatic heterocycles. The first-order valence-corrected chi connectivity index (χ1v) is 6.41. The van der Waals surface area contributed by atoms with E-state index < -0.39 is 0 Å². The number of rotatable bonds is 1. The van der Waals surface area contributed by atoms with Crippen molar-refractivity contribution in [2.24, 2.45) is 0 Å². The summed E-state index contributed by atoms with van der Waals surface area (Å²) in [7, 11) is 0. The second-order valence-electron chi connectivity index (χ2n) is 5.13. The van der Waals surface area contributed by atoms with Gasteiger partial charge in [-0.15, -0.1) is 0 Å². The molecule has 3 aliphatic rings. The Morgan fingerprint density at radius 3 is 2.62 bits per heavy atom. The van der Waals surface area contributed by atoms with Gasteiger partial charge in [0.1, 0.15) is 12.2 Å². The van der Waals surface area contributed by atoms with Crippen molar-refractivity contribution in [3.05, 3.63) is 0 Å². The van der Waals surface area contributed by atoms with E-state index in [4.69, 9.17) is 14.2 Å². The van der Waals surface area contributed by atoms with Crippen LogP contribution >= 0.6 is 0 Å². The number of aliphatic hydroxyl groups excluding tert-OH is 1. The molecule has 1 N–H and O–H groups in total. The Kier molecular flexibility index (Phi) is 2.92. The third-order valence-corrected chi connectivity index (χ3v) is 3.96. The second-order valence-corrected chi connectivity index (χ2v) is 5.13. The van der Waals surface area contributed by atoms with Crippen molar-refractivity contribution < 1.29 is 19.3 Å². The quantitative estimate of drug-likeness (QED) is 0.733. The number of hydrogen-bond acceptors (Lipinski definition) is 4. The van der Waals surface area contributed by atoms with E-state index in [0.717, 1.165) is 19.3 Å². The molecule has 3 atom stereocenters. The van der Waals surface area contributed by atoms with Crippen molar-refractivity contribution in [1.29, 1.82) is 0 Å². The first-order chi connectivity index (χ1) is 7.79. The van der Waals surface area contributed by atoms with E-state index in [1.54, 1.807) is 0 Å². The predicted octanol–water partition coefficient (Wildman–Crippen LogP) is 1.21. The van der Waals surface area contributed by atoms with Crippen molar-refractivity contribution >= 4 is 0 Å². The topological polar surface area (TPSA) is 47.9 Å². The molecule has 0 aromatic rings. The lowest BCUT2D eigenvalue weighted by atomic mass is 9.94. The fraction of sp³-hybridized carbons (Fsp3) is 1.00. The van der Waals surface area contributed by atoms with Gasteiger partial charge in [0.15, 0.2) is 5.79 Å². The van der Waals surface area contributed by atoms with Gasteiger partial charge in [-0.3, -0.25) is 0 Å². The third kappa shape index (κ3) is 1.88. The molecule has 4 nitrogen and oxygen atoms in total. The van der Waals surface area contributed by atoms with Crippen LogP contribution in [0.1, 0.15) is 38.5 Å². The van der Waals surface area contributed by atoms with Crippen molar-refractivity contribution in [2.75, 3.05) is 13.2 Å². The Morgan fingerprint density at radius 1 is 1.12 bits per heavy atom. The highest BCUT2D eigenvalue weighted by molar-refractivity contribution is 4.90. The van der Waals surface area contributed by atoms with Crippen LogP contribution in [0, 0.1) is 0 Å². The Balaban J connectivity index is 1.63. The maximum absolute atomic E-state index is 9.78. The minimum Gasteiger partial charge on any atom is -0.390 e. The molecule has 0 aromatic carbocycles. The average molecular weight is 228 g/mol. The maximum Gasteiger partial charge on any atom is 0.169 e. The minimum atomic E-state index is -0.382. The van der Waals surface area contributed by atoms with E-state index >= 15 is 0 Å². The van der Waals surface area contributed by atoms with Gasteiger partial charge >= 0.3 is 0 Å². The summed E-state index contributed by atoms with van der Waals surface area (Å²) in [6.07, 6.45) is 5.71. The molecule has 2 heterocycles. The molecule has 16 heavy (non-hydrogen) atoms. The molecular weight excluding hydrogens is 208 g/mol. The van der Waals surface area contributed by atoms with Crippen molar-refractivity contribution in [3.8, 4) is 0 Å². The van der Waals surface area contributed by atoms with Gasteiger partial charge in [0, 0.05) is 19.4 Å². The van der Waals surface area contributed by atoms with Crippen LogP contribution in [0.5, 0.6) is 0 Å². The molecule has 3 fully saturated rings. The minimum absolute atomic E-state index is 0.0735.